The summed E-state index contributed by atoms with van der Waals surface area (Å²) in [4.78, 5) is 0. The third-order valence-electron chi connectivity index (χ3n) is 12.3. The van der Waals surface area contributed by atoms with Crippen LogP contribution in [0.4, 0.5) is 0 Å². The number of benzene rings is 7. The number of nitrogens with one attached hydrogen (secondary N) is 1. The van der Waals surface area contributed by atoms with Gasteiger partial charge in [0.2, 0.25) is 0 Å². The van der Waals surface area contributed by atoms with Crippen LogP contribution in [0.3, 0.4) is 0 Å². The summed E-state index contributed by atoms with van der Waals surface area (Å²) in [6.45, 7) is 0. The molecule has 0 spiro atoms. The first-order valence-electron chi connectivity index (χ1n) is 20.4. The lowest BCUT2D eigenvalue weighted by molar-refractivity contribution is 0.623. The van der Waals surface area contributed by atoms with Gasteiger partial charge >= 0.3 is 0 Å². The van der Waals surface area contributed by atoms with Crippen LogP contribution in [0.5, 0.6) is 0 Å². The Bertz CT molecular complexity index is 3530. The highest BCUT2D eigenvalue weighted by Gasteiger charge is 2.22. The molecule has 5 heteroatoms. The lowest BCUT2D eigenvalue weighted by Gasteiger charge is -2.25. The van der Waals surface area contributed by atoms with Crippen molar-refractivity contribution in [3.63, 3.8) is 0 Å². The van der Waals surface area contributed by atoms with Crippen molar-refractivity contribution < 1.29 is 0 Å². The van der Waals surface area contributed by atoms with Crippen LogP contribution in [0, 0.1) is 0 Å². The minimum atomic E-state index is -0.404. The first-order valence-corrected chi connectivity index (χ1v) is 22.1. The zero-order valence-electron chi connectivity index (χ0n) is 32.3. The van der Waals surface area contributed by atoms with Crippen molar-refractivity contribution in [2.75, 3.05) is 0 Å². The van der Waals surface area contributed by atoms with E-state index in [4.69, 9.17) is 5.73 Å². The normalized spacial score (nSPS) is 15.7. The van der Waals surface area contributed by atoms with Crippen molar-refractivity contribution in [3.05, 3.63) is 198 Å². The molecule has 0 saturated heterocycles. The second kappa shape index (κ2) is 13.8. The molecule has 2 aliphatic carbocycles. The number of nitrogens with zero attached hydrogens (tertiary/aromatic N) is 1. The second-order valence-electron chi connectivity index (χ2n) is 15.7. The van der Waals surface area contributed by atoms with Crippen LogP contribution in [-0.4, -0.2) is 4.57 Å². The standard InChI is InChI=1S/C54H39N3S2/c55-54(56-52(33-13-3-1-4-14-33)34-15-5-2-6-16-34)42-26-28-45(38-18-8-7-17-37(38)42)57-46-27-23-35(36-24-30-50-43(31-36)40-20-10-11-21-48(40)58-50)32-44(46)51-47(57)29-25-41-39-19-9-12-22-49(39)59-53(41)51/h1-5,7-13,15,17-32,54,56H,6,14,16,55H2/b52-33-. The fourth-order valence-electron chi connectivity index (χ4n) is 9.54. The monoisotopic (exact) mass is 793 g/mol. The Morgan fingerprint density at radius 3 is 2.10 bits per heavy atom. The smallest absolute Gasteiger partial charge is 0.101 e. The van der Waals surface area contributed by atoms with Gasteiger partial charge in [0.15, 0.2) is 0 Å². The Balaban J connectivity index is 1.06. The van der Waals surface area contributed by atoms with Crippen LogP contribution in [-0.2, 0) is 0 Å². The molecule has 7 aromatic carbocycles. The highest BCUT2D eigenvalue weighted by molar-refractivity contribution is 7.27. The molecule has 1 atom stereocenters. The molecule has 2 aliphatic rings. The summed E-state index contributed by atoms with van der Waals surface area (Å²) in [5.74, 6) is 0. The van der Waals surface area contributed by atoms with Crippen LogP contribution in [0.15, 0.2) is 193 Å². The van der Waals surface area contributed by atoms with Gasteiger partial charge in [-0.15, -0.1) is 22.7 Å². The Kier molecular flexibility index (Phi) is 8.09. The van der Waals surface area contributed by atoms with E-state index in [2.05, 4.69) is 186 Å². The van der Waals surface area contributed by atoms with Crippen molar-refractivity contribution >= 4 is 95.6 Å². The largest absolute Gasteiger partial charge is 0.366 e. The maximum absolute atomic E-state index is 7.22. The third-order valence-corrected chi connectivity index (χ3v) is 14.7. The topological polar surface area (TPSA) is 43.0 Å². The Morgan fingerprint density at radius 2 is 1.31 bits per heavy atom. The molecular weight excluding hydrogens is 755 g/mol. The molecule has 3 aromatic heterocycles. The first-order chi connectivity index (χ1) is 29.2. The van der Waals surface area contributed by atoms with Crippen LogP contribution in [0.2, 0.25) is 0 Å². The minimum Gasteiger partial charge on any atom is -0.366 e. The van der Waals surface area contributed by atoms with Gasteiger partial charge in [-0.1, -0.05) is 127 Å². The Hall–Kier alpha value is -6.50. The highest BCUT2D eigenvalue weighted by Crippen LogP contribution is 2.46. The molecule has 282 valence electrons. The molecule has 10 aromatic rings. The van der Waals surface area contributed by atoms with Gasteiger partial charge in [-0.25, -0.2) is 0 Å². The predicted octanol–water partition coefficient (Wildman–Crippen LogP) is 14.9. The predicted molar refractivity (Wildman–Crippen MR) is 256 cm³/mol. The van der Waals surface area contributed by atoms with Crippen molar-refractivity contribution in [2.45, 2.75) is 25.4 Å². The molecule has 1 unspecified atom stereocenters. The summed E-state index contributed by atoms with van der Waals surface area (Å²) in [6.07, 6.45) is 17.8. The van der Waals surface area contributed by atoms with E-state index in [0.717, 1.165) is 41.6 Å². The number of fused-ring (bicyclic) bond motifs is 11. The van der Waals surface area contributed by atoms with Crippen molar-refractivity contribution in [1.82, 2.24) is 9.88 Å². The molecule has 0 aliphatic heterocycles. The lowest BCUT2D eigenvalue weighted by Crippen LogP contribution is -2.30. The van der Waals surface area contributed by atoms with Gasteiger partial charge < -0.3 is 15.6 Å². The maximum atomic E-state index is 7.22. The highest BCUT2D eigenvalue weighted by atomic mass is 32.1. The lowest BCUT2D eigenvalue weighted by atomic mass is 9.94. The number of thiophene rings is 2. The van der Waals surface area contributed by atoms with Crippen LogP contribution >= 0.6 is 22.7 Å². The molecule has 0 saturated carbocycles. The molecule has 3 nitrogen and oxygen atoms in total. The summed E-state index contributed by atoms with van der Waals surface area (Å²) in [6, 6.07) is 49.6. The number of hydrogen-bond acceptors (Lipinski definition) is 4. The van der Waals surface area contributed by atoms with Gasteiger partial charge in [-0.3, -0.25) is 0 Å². The van der Waals surface area contributed by atoms with E-state index < -0.39 is 6.17 Å². The molecule has 59 heavy (non-hydrogen) atoms. The van der Waals surface area contributed by atoms with E-state index in [1.165, 1.54) is 89.8 Å². The number of allylic oxidation sites excluding steroid dienone is 9. The van der Waals surface area contributed by atoms with Crippen LogP contribution in [0.1, 0.15) is 31.0 Å². The zero-order valence-corrected chi connectivity index (χ0v) is 33.9. The van der Waals surface area contributed by atoms with Crippen LogP contribution < -0.4 is 11.1 Å². The molecule has 3 N–H and O–H groups in total. The molecule has 0 bridgehead atoms. The molecule has 0 radical (unpaired) electrons. The van der Waals surface area contributed by atoms with Gasteiger partial charge in [0.05, 0.1) is 16.7 Å². The summed E-state index contributed by atoms with van der Waals surface area (Å²) in [5, 5.41) is 14.0. The first kappa shape index (κ1) is 34.5. The summed E-state index contributed by atoms with van der Waals surface area (Å²) < 4.78 is 7.78. The minimum absolute atomic E-state index is 0.404. The summed E-state index contributed by atoms with van der Waals surface area (Å²) >= 11 is 3.77. The van der Waals surface area contributed by atoms with Crippen molar-refractivity contribution in [2.24, 2.45) is 5.73 Å². The maximum Gasteiger partial charge on any atom is 0.101 e. The van der Waals surface area contributed by atoms with E-state index in [0.29, 0.717) is 0 Å². The third kappa shape index (κ3) is 5.57. The van der Waals surface area contributed by atoms with E-state index in [-0.39, 0.29) is 0 Å². The fourth-order valence-corrected chi connectivity index (χ4v) is 11.9. The van der Waals surface area contributed by atoms with E-state index in [1.807, 2.05) is 22.7 Å². The zero-order chi connectivity index (χ0) is 39.0. The van der Waals surface area contributed by atoms with Gasteiger partial charge in [0.1, 0.15) is 6.17 Å². The fraction of sp³-hybridized carbons (Fsp3) is 0.0741. The average Bonchev–Trinajstić information content (AvgIpc) is 3.97. The van der Waals surface area contributed by atoms with Crippen LogP contribution in [0.25, 0.3) is 89.7 Å². The van der Waals surface area contributed by atoms with Gasteiger partial charge in [0, 0.05) is 62.2 Å². The van der Waals surface area contributed by atoms with Gasteiger partial charge in [-0.05, 0) is 101 Å². The molecule has 3 heterocycles. The number of nitrogens with two attached hydrogens (primary N) is 1. The van der Waals surface area contributed by atoms with E-state index in [1.54, 1.807) is 0 Å². The van der Waals surface area contributed by atoms with Gasteiger partial charge in [0.25, 0.3) is 0 Å². The Morgan fingerprint density at radius 1 is 0.593 bits per heavy atom. The quantitative estimate of drug-likeness (QED) is 0.165. The van der Waals surface area contributed by atoms with Crippen molar-refractivity contribution in [1.29, 1.82) is 0 Å². The SMILES string of the molecule is NC(N/C(C1=CC=CCC1)=C1/C=CC=CC1)c1ccc(-n2c3ccc(-c4ccc5sc6ccccc6c5c4)cc3c3c4sc5ccccc5c4ccc32)c2ccccc12. The van der Waals surface area contributed by atoms with Gasteiger partial charge in [-0.2, -0.15) is 0 Å². The Labute approximate surface area is 350 Å². The average molecular weight is 794 g/mol. The molecule has 0 fully saturated rings. The molecule has 0 amide bonds. The van der Waals surface area contributed by atoms with E-state index >= 15 is 0 Å². The molecule has 12 rings (SSSR count). The number of aromatic nitrogens is 1. The summed E-state index contributed by atoms with van der Waals surface area (Å²) in [7, 11) is 0. The van der Waals surface area contributed by atoms with E-state index in [9.17, 15) is 0 Å². The summed E-state index contributed by atoms with van der Waals surface area (Å²) in [5.41, 5.74) is 18.0. The number of rotatable bonds is 6. The van der Waals surface area contributed by atoms with Crippen molar-refractivity contribution in [3.8, 4) is 16.8 Å². The second-order valence-corrected chi connectivity index (χ2v) is 17.8. The number of hydrogen-bond donors (Lipinski definition) is 2. The molecular formula is C54H39N3S2.